The number of nitrogens with zero attached hydrogens (tertiary/aromatic N) is 2. The fraction of sp³-hybridized carbons (Fsp3) is 0.289. The molecular formula is C38H32N2O7. The second-order valence-corrected chi connectivity index (χ2v) is 13.2. The Kier molecular flexibility index (Phi) is 6.41. The number of phenols is 1. The highest BCUT2D eigenvalue weighted by Crippen LogP contribution is 2.64. The SMILES string of the molecule is COc1cccc(O)c1[C@H]1C2=CC[C@@H]3C(=O)N(c4ccc(-c5nc6ccccc6o5)cc4)C(=O)[C@@H]3[C@@H]2C[C@H]2C(=O)C=C(C)C(=O)[C@@]12C. The van der Waals surface area contributed by atoms with E-state index in [1.807, 2.05) is 30.3 Å². The summed E-state index contributed by atoms with van der Waals surface area (Å²) < 4.78 is 11.6. The molecule has 9 heteroatoms. The van der Waals surface area contributed by atoms with Crippen molar-refractivity contribution in [2.45, 2.75) is 32.6 Å². The molecule has 236 valence electrons. The first kappa shape index (κ1) is 29.1. The van der Waals surface area contributed by atoms with E-state index in [9.17, 15) is 24.3 Å². The maximum absolute atomic E-state index is 14.4. The number of fused-ring (bicyclic) bond motifs is 5. The molecule has 4 aromatic rings. The quantitative estimate of drug-likeness (QED) is 0.210. The van der Waals surface area contributed by atoms with E-state index in [4.69, 9.17) is 9.15 Å². The summed E-state index contributed by atoms with van der Waals surface area (Å²) in [7, 11) is 1.50. The number of amides is 2. The van der Waals surface area contributed by atoms with Crippen LogP contribution in [0.4, 0.5) is 5.69 Å². The van der Waals surface area contributed by atoms with Gasteiger partial charge < -0.3 is 14.3 Å². The number of carbonyl (C=O) groups excluding carboxylic acids is 4. The predicted octanol–water partition coefficient (Wildman–Crippen LogP) is 6.17. The zero-order valence-electron chi connectivity index (χ0n) is 26.1. The Hall–Kier alpha value is -5.31. The molecule has 0 bridgehead atoms. The first-order valence-corrected chi connectivity index (χ1v) is 15.8. The van der Waals surface area contributed by atoms with E-state index < -0.39 is 35.0 Å². The molecule has 0 unspecified atom stereocenters. The van der Waals surface area contributed by atoms with Gasteiger partial charge in [0.25, 0.3) is 0 Å². The minimum absolute atomic E-state index is 0.0556. The second-order valence-electron chi connectivity index (χ2n) is 13.2. The number of carbonyl (C=O) groups is 4. The van der Waals surface area contributed by atoms with Crippen LogP contribution in [0.25, 0.3) is 22.6 Å². The van der Waals surface area contributed by atoms with Crippen LogP contribution in [0.1, 0.15) is 38.2 Å². The van der Waals surface area contributed by atoms with Gasteiger partial charge in [-0.2, -0.15) is 0 Å². The molecule has 2 amide bonds. The number of ether oxygens (including phenoxy) is 1. The summed E-state index contributed by atoms with van der Waals surface area (Å²) in [6.07, 6.45) is 3.89. The average Bonchev–Trinajstić information content (AvgIpc) is 3.62. The normalized spacial score (nSPS) is 28.5. The number of phenolic OH excluding ortho intramolecular Hbond substituents is 1. The summed E-state index contributed by atoms with van der Waals surface area (Å²) in [6, 6.07) is 19.4. The number of hydrogen-bond acceptors (Lipinski definition) is 8. The Balaban J connectivity index is 1.19. The molecule has 1 aliphatic heterocycles. The number of ketones is 2. The summed E-state index contributed by atoms with van der Waals surface area (Å²) in [5, 5.41) is 11.2. The second kappa shape index (κ2) is 10.4. The maximum atomic E-state index is 14.4. The predicted molar refractivity (Wildman–Crippen MR) is 172 cm³/mol. The van der Waals surface area contributed by atoms with E-state index in [0.717, 1.165) is 11.1 Å². The third kappa shape index (κ3) is 4.05. The Bertz CT molecular complexity index is 2060. The molecule has 4 aliphatic rings. The number of Topliss-reactive ketones (excluding diaryl/α,β-unsaturated/α-hetero) is 1. The minimum atomic E-state index is -1.22. The number of para-hydroxylation sites is 2. The lowest BCUT2D eigenvalue weighted by molar-refractivity contribution is -0.141. The number of allylic oxidation sites excluding steroid dienone is 4. The van der Waals surface area contributed by atoms with Gasteiger partial charge in [0.2, 0.25) is 17.7 Å². The van der Waals surface area contributed by atoms with Crippen LogP contribution in [0, 0.1) is 29.1 Å². The molecule has 0 spiro atoms. The third-order valence-electron chi connectivity index (χ3n) is 10.9. The van der Waals surface area contributed by atoms with Gasteiger partial charge in [0.1, 0.15) is 17.0 Å². The first-order valence-electron chi connectivity index (χ1n) is 15.8. The summed E-state index contributed by atoms with van der Waals surface area (Å²) in [5.74, 6) is -3.54. The van der Waals surface area contributed by atoms with Gasteiger partial charge in [0, 0.05) is 23.0 Å². The Morgan fingerprint density at radius 2 is 1.72 bits per heavy atom. The Morgan fingerprint density at radius 1 is 0.957 bits per heavy atom. The molecule has 0 radical (unpaired) electrons. The first-order chi connectivity index (χ1) is 22.6. The van der Waals surface area contributed by atoms with E-state index >= 15 is 0 Å². The molecule has 1 saturated carbocycles. The molecule has 47 heavy (non-hydrogen) atoms. The number of anilines is 1. The van der Waals surface area contributed by atoms with Crippen LogP contribution in [0.3, 0.4) is 0 Å². The minimum Gasteiger partial charge on any atom is -0.508 e. The van der Waals surface area contributed by atoms with Gasteiger partial charge >= 0.3 is 0 Å². The van der Waals surface area contributed by atoms with E-state index in [-0.39, 0.29) is 35.6 Å². The molecule has 2 fully saturated rings. The maximum Gasteiger partial charge on any atom is 0.238 e. The van der Waals surface area contributed by atoms with Crippen LogP contribution in [-0.4, -0.2) is 40.6 Å². The van der Waals surface area contributed by atoms with Crippen molar-refractivity contribution in [1.29, 1.82) is 0 Å². The number of rotatable bonds is 4. The van der Waals surface area contributed by atoms with Gasteiger partial charge in [-0.1, -0.05) is 36.8 Å². The van der Waals surface area contributed by atoms with Crippen molar-refractivity contribution in [3.8, 4) is 23.0 Å². The van der Waals surface area contributed by atoms with E-state index in [1.165, 1.54) is 18.1 Å². The number of aromatic hydroxyl groups is 1. The molecule has 1 N–H and O–H groups in total. The summed E-state index contributed by atoms with van der Waals surface area (Å²) in [6.45, 7) is 3.44. The van der Waals surface area contributed by atoms with Gasteiger partial charge in [-0.15, -0.1) is 0 Å². The van der Waals surface area contributed by atoms with Crippen molar-refractivity contribution in [3.63, 3.8) is 0 Å². The molecule has 2 heterocycles. The third-order valence-corrected chi connectivity index (χ3v) is 10.9. The molecular weight excluding hydrogens is 596 g/mol. The van der Waals surface area contributed by atoms with Crippen molar-refractivity contribution in [2.24, 2.45) is 29.1 Å². The van der Waals surface area contributed by atoms with Crippen molar-refractivity contribution < 1.29 is 33.4 Å². The standard InChI is InChI=1S/C38H32N2O7/c1-19-17-28(42)25-18-24-22(33(38(25,2)34(19)43)32-27(41)8-6-10-30(32)46-3)15-16-23-31(24)37(45)40(36(23)44)21-13-11-20(12-14-21)35-39-26-7-4-5-9-29(26)47-35/h4-15,17,23-25,31,33,41H,16,18H2,1-3H3/t23-,24+,25-,31-,33+,38+/m0/s1. The highest BCUT2D eigenvalue weighted by Gasteiger charge is 2.64. The van der Waals surface area contributed by atoms with Gasteiger partial charge in [-0.3, -0.25) is 24.1 Å². The van der Waals surface area contributed by atoms with Gasteiger partial charge in [-0.25, -0.2) is 4.98 Å². The zero-order valence-corrected chi connectivity index (χ0v) is 26.1. The van der Waals surface area contributed by atoms with Crippen molar-refractivity contribution in [2.75, 3.05) is 12.0 Å². The molecule has 6 atom stereocenters. The number of hydrogen-bond donors (Lipinski definition) is 1. The van der Waals surface area contributed by atoms with Crippen molar-refractivity contribution >= 4 is 40.2 Å². The fourth-order valence-electron chi connectivity index (χ4n) is 8.71. The Morgan fingerprint density at radius 3 is 2.47 bits per heavy atom. The zero-order chi connectivity index (χ0) is 32.8. The monoisotopic (exact) mass is 628 g/mol. The molecule has 8 rings (SSSR count). The van der Waals surface area contributed by atoms with Crippen LogP contribution < -0.4 is 9.64 Å². The fourth-order valence-corrected chi connectivity index (χ4v) is 8.71. The molecule has 1 saturated heterocycles. The van der Waals surface area contributed by atoms with Crippen LogP contribution in [0.15, 0.2) is 94.4 Å². The Labute approximate surface area is 270 Å². The molecule has 3 aromatic carbocycles. The molecule has 1 aromatic heterocycles. The van der Waals surface area contributed by atoms with Crippen LogP contribution in [0.2, 0.25) is 0 Å². The highest BCUT2D eigenvalue weighted by atomic mass is 16.5. The molecule has 9 nitrogen and oxygen atoms in total. The highest BCUT2D eigenvalue weighted by molar-refractivity contribution is 6.22. The average molecular weight is 629 g/mol. The van der Waals surface area contributed by atoms with Gasteiger partial charge in [-0.05, 0) is 85.9 Å². The van der Waals surface area contributed by atoms with Crippen LogP contribution in [-0.2, 0) is 19.2 Å². The van der Waals surface area contributed by atoms with Crippen LogP contribution in [0.5, 0.6) is 11.5 Å². The van der Waals surface area contributed by atoms with Crippen molar-refractivity contribution in [1.82, 2.24) is 4.98 Å². The lowest BCUT2D eigenvalue weighted by Gasteiger charge is -2.53. The number of oxazole rings is 1. The van der Waals surface area contributed by atoms with Gasteiger partial charge in [0.05, 0.1) is 30.0 Å². The van der Waals surface area contributed by atoms with Crippen LogP contribution >= 0.6 is 0 Å². The molecule has 3 aliphatic carbocycles. The van der Waals surface area contributed by atoms with E-state index in [0.29, 0.717) is 46.0 Å². The van der Waals surface area contributed by atoms with E-state index in [2.05, 4.69) is 4.98 Å². The van der Waals surface area contributed by atoms with E-state index in [1.54, 1.807) is 56.3 Å². The number of aromatic nitrogens is 1. The smallest absolute Gasteiger partial charge is 0.238 e. The van der Waals surface area contributed by atoms with Crippen molar-refractivity contribution in [3.05, 3.63) is 95.6 Å². The summed E-state index contributed by atoms with van der Waals surface area (Å²) in [4.78, 5) is 61.9. The lowest BCUT2D eigenvalue weighted by atomic mass is 9.47. The summed E-state index contributed by atoms with van der Waals surface area (Å²) in [5.41, 5.74) is 2.89. The topological polar surface area (TPSA) is 127 Å². The number of benzene rings is 3. The number of methoxy groups -OCH3 is 1. The summed E-state index contributed by atoms with van der Waals surface area (Å²) >= 11 is 0. The lowest BCUT2D eigenvalue weighted by Crippen LogP contribution is -2.54. The van der Waals surface area contributed by atoms with Gasteiger partial charge in [0.15, 0.2) is 17.1 Å². The number of imide groups is 1. The largest absolute Gasteiger partial charge is 0.508 e.